The smallest absolute Gasteiger partial charge is 0.163 e. The maximum Gasteiger partial charge on any atom is 0.163 e. The van der Waals surface area contributed by atoms with E-state index in [0.29, 0.717) is 23.9 Å². The molecule has 4 rings (SSSR count). The van der Waals surface area contributed by atoms with Crippen LogP contribution in [0.5, 0.6) is 11.5 Å². The summed E-state index contributed by atoms with van der Waals surface area (Å²) in [6.45, 7) is 0.506. The molecule has 6 nitrogen and oxygen atoms in total. The lowest BCUT2D eigenvalue weighted by atomic mass is 10.1. The van der Waals surface area contributed by atoms with E-state index in [1.165, 1.54) is 11.9 Å². The molecule has 0 bridgehead atoms. The van der Waals surface area contributed by atoms with Crippen LogP contribution in [0.2, 0.25) is 0 Å². The first kappa shape index (κ1) is 17.0. The van der Waals surface area contributed by atoms with Gasteiger partial charge in [-0.15, -0.1) is 0 Å². The third kappa shape index (κ3) is 3.89. The SMILES string of the molecule is COc1cc2c(Nc3ccncc3)ncnc2cc1OCC1=CCCC=C1. The molecule has 0 saturated carbocycles. The van der Waals surface area contributed by atoms with Crippen LogP contribution in [0.3, 0.4) is 0 Å². The lowest BCUT2D eigenvalue weighted by Crippen LogP contribution is -2.03. The highest BCUT2D eigenvalue weighted by atomic mass is 16.5. The Morgan fingerprint density at radius 2 is 1.96 bits per heavy atom. The minimum absolute atomic E-state index is 0.506. The van der Waals surface area contributed by atoms with Gasteiger partial charge >= 0.3 is 0 Å². The summed E-state index contributed by atoms with van der Waals surface area (Å²) in [5.74, 6) is 2.02. The number of nitrogens with zero attached hydrogens (tertiary/aromatic N) is 3. The molecule has 0 spiro atoms. The standard InChI is InChI=1S/C21H20N4O2/c1-26-19-11-17-18(12-20(19)27-13-15-5-3-2-4-6-15)23-14-24-21(17)25-16-7-9-22-10-8-16/h3,5-12,14H,2,4,13H2,1H3,(H,22,23,24,25). The third-order valence-electron chi connectivity index (χ3n) is 4.33. The largest absolute Gasteiger partial charge is 0.493 e. The molecule has 0 unspecified atom stereocenters. The van der Waals surface area contributed by atoms with Gasteiger partial charge in [0.2, 0.25) is 0 Å². The Hall–Kier alpha value is -3.41. The average molecular weight is 360 g/mol. The summed E-state index contributed by atoms with van der Waals surface area (Å²) in [5.41, 5.74) is 2.86. The van der Waals surface area contributed by atoms with E-state index in [1.807, 2.05) is 24.3 Å². The van der Waals surface area contributed by atoms with Gasteiger partial charge in [0.1, 0.15) is 18.8 Å². The van der Waals surface area contributed by atoms with Gasteiger partial charge in [-0.05, 0) is 36.6 Å². The molecule has 0 aliphatic heterocycles. The maximum atomic E-state index is 6.00. The molecule has 2 heterocycles. The van der Waals surface area contributed by atoms with Crippen LogP contribution in [-0.2, 0) is 0 Å². The molecule has 3 aromatic rings. The number of hydrogen-bond donors (Lipinski definition) is 1. The fourth-order valence-electron chi connectivity index (χ4n) is 2.94. The van der Waals surface area contributed by atoms with Crippen molar-refractivity contribution in [2.24, 2.45) is 0 Å². The maximum absolute atomic E-state index is 6.00. The molecule has 0 fully saturated rings. The number of fused-ring (bicyclic) bond motifs is 1. The molecular formula is C21H20N4O2. The van der Waals surface area contributed by atoms with Crippen molar-refractivity contribution in [3.63, 3.8) is 0 Å². The Morgan fingerprint density at radius 3 is 2.74 bits per heavy atom. The number of pyridine rings is 1. The zero-order chi connectivity index (χ0) is 18.5. The van der Waals surface area contributed by atoms with Crippen LogP contribution in [0.15, 0.2) is 66.8 Å². The minimum atomic E-state index is 0.506. The van der Waals surface area contributed by atoms with Gasteiger partial charge in [0.15, 0.2) is 11.5 Å². The van der Waals surface area contributed by atoms with Gasteiger partial charge in [0.05, 0.1) is 12.6 Å². The topological polar surface area (TPSA) is 69.2 Å². The highest BCUT2D eigenvalue weighted by Gasteiger charge is 2.12. The van der Waals surface area contributed by atoms with Gasteiger partial charge in [-0.3, -0.25) is 4.98 Å². The third-order valence-corrected chi connectivity index (χ3v) is 4.33. The van der Waals surface area contributed by atoms with Crippen LogP contribution in [0.25, 0.3) is 10.9 Å². The van der Waals surface area contributed by atoms with Crippen LogP contribution in [-0.4, -0.2) is 28.7 Å². The van der Waals surface area contributed by atoms with Crippen LogP contribution in [0.1, 0.15) is 12.8 Å². The van der Waals surface area contributed by atoms with Gasteiger partial charge in [0, 0.05) is 29.5 Å². The number of hydrogen-bond acceptors (Lipinski definition) is 6. The van der Waals surface area contributed by atoms with E-state index in [4.69, 9.17) is 9.47 Å². The molecule has 0 atom stereocenters. The summed E-state index contributed by atoms with van der Waals surface area (Å²) in [7, 11) is 1.63. The van der Waals surface area contributed by atoms with Crippen molar-refractivity contribution in [1.82, 2.24) is 15.0 Å². The Balaban J connectivity index is 1.64. The Morgan fingerprint density at radius 1 is 1.07 bits per heavy atom. The number of anilines is 2. The highest BCUT2D eigenvalue weighted by Crippen LogP contribution is 2.35. The van der Waals surface area contributed by atoms with Crippen LogP contribution < -0.4 is 14.8 Å². The Labute approximate surface area is 157 Å². The van der Waals surface area contributed by atoms with Crippen molar-refractivity contribution < 1.29 is 9.47 Å². The highest BCUT2D eigenvalue weighted by molar-refractivity contribution is 5.93. The number of rotatable bonds is 6. The predicted octanol–water partition coefficient (Wildman–Crippen LogP) is 4.43. The molecule has 136 valence electrons. The van der Waals surface area contributed by atoms with Crippen molar-refractivity contribution in [3.8, 4) is 11.5 Å². The molecule has 1 N–H and O–H groups in total. The molecule has 27 heavy (non-hydrogen) atoms. The normalized spacial score (nSPS) is 13.3. The fourth-order valence-corrected chi connectivity index (χ4v) is 2.94. The molecule has 6 heteroatoms. The van der Waals surface area contributed by atoms with Crippen LogP contribution in [0.4, 0.5) is 11.5 Å². The van der Waals surface area contributed by atoms with Crippen molar-refractivity contribution >= 4 is 22.4 Å². The molecule has 2 aromatic heterocycles. The van der Waals surface area contributed by atoms with Crippen molar-refractivity contribution in [3.05, 3.63) is 66.8 Å². The first-order valence-electron chi connectivity index (χ1n) is 8.81. The average Bonchev–Trinajstić information content (AvgIpc) is 2.73. The number of ether oxygens (including phenoxy) is 2. The zero-order valence-corrected chi connectivity index (χ0v) is 15.1. The van der Waals surface area contributed by atoms with Gasteiger partial charge in [-0.25, -0.2) is 9.97 Å². The lowest BCUT2D eigenvalue weighted by molar-refractivity contribution is 0.322. The van der Waals surface area contributed by atoms with Gasteiger partial charge < -0.3 is 14.8 Å². The van der Waals surface area contributed by atoms with E-state index < -0.39 is 0 Å². The number of allylic oxidation sites excluding steroid dienone is 2. The van der Waals surface area contributed by atoms with Gasteiger partial charge in [0.25, 0.3) is 0 Å². The quantitative estimate of drug-likeness (QED) is 0.701. The summed E-state index contributed by atoms with van der Waals surface area (Å²) < 4.78 is 11.5. The number of aromatic nitrogens is 3. The second-order valence-corrected chi connectivity index (χ2v) is 6.15. The lowest BCUT2D eigenvalue weighted by Gasteiger charge is -2.14. The monoisotopic (exact) mass is 360 g/mol. The first-order chi connectivity index (χ1) is 13.3. The Kier molecular flexibility index (Phi) is 4.96. The van der Waals surface area contributed by atoms with Gasteiger partial charge in [-0.2, -0.15) is 0 Å². The van der Waals surface area contributed by atoms with E-state index >= 15 is 0 Å². The first-order valence-corrected chi connectivity index (χ1v) is 8.81. The molecule has 1 aliphatic carbocycles. The summed E-state index contributed by atoms with van der Waals surface area (Å²) >= 11 is 0. The predicted molar refractivity (Wildman–Crippen MR) is 106 cm³/mol. The van der Waals surface area contributed by atoms with Gasteiger partial charge in [-0.1, -0.05) is 18.2 Å². The molecule has 1 aliphatic rings. The number of nitrogens with one attached hydrogen (secondary N) is 1. The van der Waals surface area contributed by atoms with Crippen molar-refractivity contribution in [1.29, 1.82) is 0 Å². The second-order valence-electron chi connectivity index (χ2n) is 6.15. The second kappa shape index (κ2) is 7.86. The van der Waals surface area contributed by atoms with Crippen LogP contribution >= 0.6 is 0 Å². The summed E-state index contributed by atoms with van der Waals surface area (Å²) in [5, 5.41) is 4.15. The van der Waals surface area contributed by atoms with E-state index in [0.717, 1.165) is 29.4 Å². The minimum Gasteiger partial charge on any atom is -0.493 e. The molecule has 1 aromatic carbocycles. The molecular weight excluding hydrogens is 340 g/mol. The summed E-state index contributed by atoms with van der Waals surface area (Å²) in [4.78, 5) is 12.8. The van der Waals surface area contributed by atoms with E-state index in [2.05, 4.69) is 38.5 Å². The molecule has 0 amide bonds. The Bertz CT molecular complexity index is 1000. The van der Waals surface area contributed by atoms with E-state index in [1.54, 1.807) is 19.5 Å². The van der Waals surface area contributed by atoms with E-state index in [9.17, 15) is 0 Å². The molecule has 0 saturated heterocycles. The van der Waals surface area contributed by atoms with Crippen molar-refractivity contribution in [2.75, 3.05) is 19.0 Å². The summed E-state index contributed by atoms with van der Waals surface area (Å²) in [6.07, 6.45) is 13.6. The molecule has 0 radical (unpaired) electrons. The number of benzene rings is 1. The summed E-state index contributed by atoms with van der Waals surface area (Å²) in [6, 6.07) is 7.56. The zero-order valence-electron chi connectivity index (χ0n) is 15.1. The van der Waals surface area contributed by atoms with Crippen molar-refractivity contribution in [2.45, 2.75) is 12.8 Å². The number of methoxy groups -OCH3 is 1. The fraction of sp³-hybridized carbons (Fsp3) is 0.190. The van der Waals surface area contributed by atoms with E-state index in [-0.39, 0.29) is 0 Å². The van der Waals surface area contributed by atoms with Crippen LogP contribution in [0, 0.1) is 0 Å².